The first-order chi connectivity index (χ1) is 15.9. The Balaban J connectivity index is 2.33. The molecular formula is C24H32N2O6S2. The van der Waals surface area contributed by atoms with E-state index in [1.807, 2.05) is 31.6 Å². The Morgan fingerprint density at radius 3 is 2.35 bits per heavy atom. The molecule has 0 spiro atoms. The Bertz CT molecular complexity index is 1120. The van der Waals surface area contributed by atoms with Gasteiger partial charge in [0.05, 0.1) is 13.0 Å². The van der Waals surface area contributed by atoms with Crippen LogP contribution in [0.1, 0.15) is 51.0 Å². The summed E-state index contributed by atoms with van der Waals surface area (Å²) in [6.07, 6.45) is 1.21. The Kier molecular flexibility index (Phi) is 9.81. The van der Waals surface area contributed by atoms with Crippen molar-refractivity contribution >= 4 is 39.3 Å². The number of carbonyl (C=O) groups is 3. The Hall–Kier alpha value is -2.72. The number of carbonyl (C=O) groups excluding carboxylic acids is 3. The Morgan fingerprint density at radius 2 is 1.79 bits per heavy atom. The lowest BCUT2D eigenvalue weighted by Crippen LogP contribution is -2.32. The minimum Gasteiger partial charge on any atom is -0.449 e. The minimum atomic E-state index is -4.14. The molecule has 10 heteroatoms. The number of hydrogen-bond donors (Lipinski definition) is 1. The fourth-order valence-electron chi connectivity index (χ4n) is 3.09. The number of thiophene rings is 1. The van der Waals surface area contributed by atoms with Gasteiger partial charge in [0, 0.05) is 24.4 Å². The molecule has 0 atom stereocenters. The van der Waals surface area contributed by atoms with Crippen molar-refractivity contribution in [2.45, 2.75) is 57.6 Å². The van der Waals surface area contributed by atoms with Crippen LogP contribution in [-0.4, -0.2) is 44.9 Å². The maximum atomic E-state index is 13.0. The van der Waals surface area contributed by atoms with E-state index in [-0.39, 0.29) is 29.1 Å². The van der Waals surface area contributed by atoms with Crippen LogP contribution in [0, 0.1) is 5.92 Å². The maximum absolute atomic E-state index is 13.0. The number of sulfonamides is 1. The second-order valence-electron chi connectivity index (χ2n) is 8.45. The van der Waals surface area contributed by atoms with Crippen molar-refractivity contribution in [1.29, 1.82) is 0 Å². The zero-order valence-corrected chi connectivity index (χ0v) is 21.8. The van der Waals surface area contributed by atoms with Crippen LogP contribution in [0.15, 0.2) is 34.5 Å². The highest BCUT2D eigenvalue weighted by atomic mass is 32.2. The number of imide groups is 1. The molecule has 2 aromatic rings. The lowest BCUT2D eigenvalue weighted by atomic mass is 10.0. The van der Waals surface area contributed by atoms with Crippen LogP contribution in [0.2, 0.25) is 0 Å². The smallest absolute Gasteiger partial charge is 0.421 e. The minimum absolute atomic E-state index is 0.0377. The van der Waals surface area contributed by atoms with Gasteiger partial charge in [0.15, 0.2) is 0 Å². The van der Waals surface area contributed by atoms with Gasteiger partial charge in [-0.1, -0.05) is 51.5 Å². The zero-order chi connectivity index (χ0) is 25.5. The average molecular weight is 509 g/mol. The molecule has 1 aromatic heterocycles. The van der Waals surface area contributed by atoms with Gasteiger partial charge in [-0.05, 0) is 36.0 Å². The van der Waals surface area contributed by atoms with E-state index in [0.717, 1.165) is 27.5 Å². The van der Waals surface area contributed by atoms with Gasteiger partial charge in [-0.2, -0.15) is 0 Å². The number of hydrogen-bond acceptors (Lipinski definition) is 7. The normalized spacial score (nSPS) is 11.4. The number of rotatable bonds is 10. The van der Waals surface area contributed by atoms with Crippen LogP contribution in [0.3, 0.4) is 0 Å². The molecule has 0 radical (unpaired) electrons. The van der Waals surface area contributed by atoms with Crippen LogP contribution in [0.25, 0.3) is 11.1 Å². The molecule has 1 N–H and O–H groups in total. The molecule has 1 aromatic carbocycles. The fourth-order valence-corrected chi connectivity index (χ4v) is 5.93. The number of nitrogens with one attached hydrogen (secondary N) is 1. The quantitative estimate of drug-likeness (QED) is 0.477. The topological polar surface area (TPSA) is 110 Å². The van der Waals surface area contributed by atoms with Crippen molar-refractivity contribution in [2.75, 3.05) is 13.7 Å². The SMILES string of the molecule is CCCCOC(=O)NS(=O)(=O)c1sc(CC(C)C)cc1-c1ccc(CC(=O)N(C)C(C)=O)cc1. The molecule has 0 aliphatic carbocycles. The van der Waals surface area contributed by atoms with E-state index in [1.165, 1.54) is 14.0 Å². The molecule has 8 nitrogen and oxygen atoms in total. The molecule has 0 aliphatic rings. The van der Waals surface area contributed by atoms with E-state index in [1.54, 1.807) is 24.3 Å². The Labute approximate surface area is 205 Å². The van der Waals surface area contributed by atoms with Crippen molar-refractivity contribution in [1.82, 2.24) is 9.62 Å². The molecule has 3 amide bonds. The summed E-state index contributed by atoms with van der Waals surface area (Å²) in [4.78, 5) is 37.5. The standard InChI is InChI=1S/C24H32N2O6S2/c1-6-7-12-32-24(29)25-34(30,31)23-21(15-20(33-23)13-16(2)3)19-10-8-18(9-11-19)14-22(28)26(5)17(4)27/h8-11,15-16H,6-7,12-14H2,1-5H3,(H,25,29). The van der Waals surface area contributed by atoms with Crippen LogP contribution < -0.4 is 4.72 Å². The largest absolute Gasteiger partial charge is 0.449 e. The summed E-state index contributed by atoms with van der Waals surface area (Å²) in [5.74, 6) is -0.349. The summed E-state index contributed by atoms with van der Waals surface area (Å²) in [6, 6.07) is 8.74. The van der Waals surface area contributed by atoms with Crippen molar-refractivity contribution < 1.29 is 27.5 Å². The molecule has 2 rings (SSSR count). The third kappa shape index (κ3) is 7.66. The van der Waals surface area contributed by atoms with Crippen molar-refractivity contribution in [3.8, 4) is 11.1 Å². The van der Waals surface area contributed by atoms with Gasteiger partial charge >= 0.3 is 6.09 Å². The highest BCUT2D eigenvalue weighted by molar-refractivity contribution is 7.92. The molecule has 0 unspecified atom stereocenters. The second kappa shape index (κ2) is 12.1. The average Bonchev–Trinajstić information content (AvgIpc) is 3.17. The van der Waals surface area contributed by atoms with Gasteiger partial charge in [-0.15, -0.1) is 11.3 Å². The lowest BCUT2D eigenvalue weighted by Gasteiger charge is -2.13. The molecule has 0 aliphatic heterocycles. The van der Waals surface area contributed by atoms with Crippen molar-refractivity contribution in [3.63, 3.8) is 0 Å². The first kappa shape index (κ1) is 27.5. The van der Waals surface area contributed by atoms with Crippen molar-refractivity contribution in [2.24, 2.45) is 5.92 Å². The van der Waals surface area contributed by atoms with E-state index in [0.29, 0.717) is 35.4 Å². The number of likely N-dealkylation sites (N-methyl/N-ethyl adjacent to an activating group) is 1. The van der Waals surface area contributed by atoms with Gasteiger partial charge < -0.3 is 4.74 Å². The number of nitrogens with zero attached hydrogens (tertiary/aromatic N) is 1. The molecule has 1 heterocycles. The third-order valence-electron chi connectivity index (χ3n) is 5.02. The summed E-state index contributed by atoms with van der Waals surface area (Å²) < 4.78 is 33.1. The van der Waals surface area contributed by atoms with Gasteiger partial charge in [0.2, 0.25) is 11.8 Å². The molecule has 186 valence electrons. The number of ether oxygens (including phenoxy) is 1. The first-order valence-corrected chi connectivity index (χ1v) is 13.4. The molecular weight excluding hydrogens is 476 g/mol. The van der Waals surface area contributed by atoms with Gasteiger partial charge in [0.1, 0.15) is 4.21 Å². The predicted molar refractivity (Wildman–Crippen MR) is 132 cm³/mol. The Morgan fingerprint density at radius 1 is 1.15 bits per heavy atom. The first-order valence-electron chi connectivity index (χ1n) is 11.1. The summed E-state index contributed by atoms with van der Waals surface area (Å²) in [5, 5.41) is 0. The van der Waals surface area contributed by atoms with Gasteiger partial charge in [-0.25, -0.2) is 17.9 Å². The summed E-state index contributed by atoms with van der Waals surface area (Å²) >= 11 is 1.13. The third-order valence-corrected chi connectivity index (χ3v) is 8.02. The van der Waals surface area contributed by atoms with E-state index < -0.39 is 16.1 Å². The molecule has 0 bridgehead atoms. The van der Waals surface area contributed by atoms with Crippen LogP contribution in [0.4, 0.5) is 4.79 Å². The van der Waals surface area contributed by atoms with Gasteiger partial charge in [-0.3, -0.25) is 14.5 Å². The summed E-state index contributed by atoms with van der Waals surface area (Å²) in [5.41, 5.74) is 1.82. The van der Waals surface area contributed by atoms with Gasteiger partial charge in [0.25, 0.3) is 10.0 Å². The number of amides is 3. The molecule has 0 fully saturated rings. The molecule has 0 saturated carbocycles. The van der Waals surface area contributed by atoms with Crippen molar-refractivity contribution in [3.05, 3.63) is 40.8 Å². The maximum Gasteiger partial charge on any atom is 0.421 e. The van der Waals surface area contributed by atoms with E-state index in [4.69, 9.17) is 4.74 Å². The zero-order valence-electron chi connectivity index (χ0n) is 20.2. The van der Waals surface area contributed by atoms with E-state index in [2.05, 4.69) is 0 Å². The monoisotopic (exact) mass is 508 g/mol. The summed E-state index contributed by atoms with van der Waals surface area (Å²) in [6.45, 7) is 7.49. The van der Waals surface area contributed by atoms with Crippen LogP contribution >= 0.6 is 11.3 Å². The predicted octanol–water partition coefficient (Wildman–Crippen LogP) is 4.38. The highest BCUT2D eigenvalue weighted by Gasteiger charge is 2.26. The fraction of sp³-hybridized carbons (Fsp3) is 0.458. The summed E-state index contributed by atoms with van der Waals surface area (Å²) in [7, 11) is -2.72. The lowest BCUT2D eigenvalue weighted by molar-refractivity contribution is -0.141. The second-order valence-corrected chi connectivity index (χ2v) is 11.5. The number of unbranched alkanes of at least 4 members (excludes halogenated alkanes) is 1. The highest BCUT2D eigenvalue weighted by Crippen LogP contribution is 2.36. The van der Waals surface area contributed by atoms with Crippen LogP contribution in [0.5, 0.6) is 0 Å². The van der Waals surface area contributed by atoms with E-state index >= 15 is 0 Å². The molecule has 34 heavy (non-hydrogen) atoms. The van der Waals surface area contributed by atoms with E-state index in [9.17, 15) is 22.8 Å². The molecule has 0 saturated heterocycles. The number of benzene rings is 1. The van der Waals surface area contributed by atoms with Crippen LogP contribution in [-0.2, 0) is 37.2 Å².